The first-order chi connectivity index (χ1) is 15.6. The fraction of sp³-hybridized carbons (Fsp3) is 0.409. The molecule has 1 heterocycles. The number of nitrogens with zero attached hydrogens (tertiary/aromatic N) is 1. The Morgan fingerprint density at radius 3 is 2.36 bits per heavy atom. The molecule has 0 bridgehead atoms. The molecule has 2 N–H and O–H groups in total. The molecule has 0 aliphatic carbocycles. The van der Waals surface area contributed by atoms with Crippen LogP contribution >= 0.6 is 0 Å². The van der Waals surface area contributed by atoms with Crippen LogP contribution in [0, 0.1) is 5.92 Å². The highest BCUT2D eigenvalue weighted by Gasteiger charge is 2.28. The van der Waals surface area contributed by atoms with E-state index in [2.05, 4.69) is 10.6 Å². The third-order valence-electron chi connectivity index (χ3n) is 4.76. The molecule has 1 aromatic heterocycles. The van der Waals surface area contributed by atoms with Gasteiger partial charge in [-0.25, -0.2) is 13.2 Å². The molecule has 2 rings (SSSR count). The van der Waals surface area contributed by atoms with Crippen LogP contribution in [-0.4, -0.2) is 56.2 Å². The summed E-state index contributed by atoms with van der Waals surface area (Å²) in [6.07, 6.45) is 1.34. The highest BCUT2D eigenvalue weighted by molar-refractivity contribution is 7.89. The Kier molecular flexibility index (Phi) is 9.18. The van der Waals surface area contributed by atoms with Gasteiger partial charge in [0, 0.05) is 18.8 Å². The summed E-state index contributed by atoms with van der Waals surface area (Å²) in [5, 5.41) is 5.04. The maximum Gasteiger partial charge on any atom is 0.329 e. The zero-order valence-corrected chi connectivity index (χ0v) is 19.8. The molecule has 0 aliphatic rings. The molecule has 11 heteroatoms. The summed E-state index contributed by atoms with van der Waals surface area (Å²) in [6.45, 7) is 6.95. The van der Waals surface area contributed by atoms with Gasteiger partial charge in [-0.15, -0.1) is 0 Å². The van der Waals surface area contributed by atoms with Crippen LogP contribution in [0.25, 0.3) is 0 Å². The average Bonchev–Trinajstić information content (AvgIpc) is 3.31. The zero-order valence-electron chi connectivity index (χ0n) is 19.0. The van der Waals surface area contributed by atoms with E-state index in [1.54, 1.807) is 33.8 Å². The number of rotatable bonds is 11. The van der Waals surface area contributed by atoms with Gasteiger partial charge in [0.15, 0.2) is 12.4 Å². The molecule has 0 spiro atoms. The summed E-state index contributed by atoms with van der Waals surface area (Å²) in [5.41, 5.74) is 0.246. The van der Waals surface area contributed by atoms with E-state index in [1.165, 1.54) is 40.9 Å². The van der Waals surface area contributed by atoms with Gasteiger partial charge < -0.3 is 19.8 Å². The maximum absolute atomic E-state index is 12.7. The molecule has 0 aliphatic heterocycles. The number of hydrogen-bond donors (Lipinski definition) is 2. The Labute approximate surface area is 193 Å². The second-order valence-electron chi connectivity index (χ2n) is 7.45. The van der Waals surface area contributed by atoms with E-state index in [-0.39, 0.29) is 22.3 Å². The van der Waals surface area contributed by atoms with Gasteiger partial charge in [-0.2, -0.15) is 4.31 Å². The van der Waals surface area contributed by atoms with Gasteiger partial charge >= 0.3 is 5.97 Å². The van der Waals surface area contributed by atoms with Crippen molar-refractivity contribution in [3.8, 4) is 0 Å². The quantitative estimate of drug-likeness (QED) is 0.472. The van der Waals surface area contributed by atoms with Gasteiger partial charge in [0.25, 0.3) is 11.8 Å². The Hall–Kier alpha value is -3.18. The Bertz CT molecular complexity index is 1060. The molecule has 1 unspecified atom stereocenters. The number of carbonyl (C=O) groups is 3. The van der Waals surface area contributed by atoms with Gasteiger partial charge in [-0.05, 0) is 36.2 Å². The molecule has 10 nitrogen and oxygen atoms in total. The molecule has 2 amide bonds. The third-order valence-corrected chi connectivity index (χ3v) is 6.80. The highest BCUT2D eigenvalue weighted by Crippen LogP contribution is 2.19. The zero-order chi connectivity index (χ0) is 24.6. The molecule has 0 radical (unpaired) electrons. The summed E-state index contributed by atoms with van der Waals surface area (Å²) >= 11 is 0. The standard InChI is InChI=1S/C22H29N3O7S/c1-5-25(6-2)33(29,30)17-10-7-9-16(13-17)23-19(26)14-32-22(28)20(15(3)4)24-21(27)18-11-8-12-31-18/h7-13,15,20H,5-6,14H2,1-4H3,(H,23,26)(H,24,27). The van der Waals surface area contributed by atoms with Crippen molar-refractivity contribution in [2.75, 3.05) is 25.0 Å². The molecular weight excluding hydrogens is 450 g/mol. The Morgan fingerprint density at radius 1 is 1.09 bits per heavy atom. The van der Waals surface area contributed by atoms with Crippen LogP contribution in [0.3, 0.4) is 0 Å². The van der Waals surface area contributed by atoms with E-state index in [4.69, 9.17) is 9.15 Å². The van der Waals surface area contributed by atoms with E-state index in [9.17, 15) is 22.8 Å². The Morgan fingerprint density at radius 2 is 1.79 bits per heavy atom. The number of nitrogens with one attached hydrogen (secondary N) is 2. The fourth-order valence-electron chi connectivity index (χ4n) is 2.99. The average molecular weight is 480 g/mol. The first kappa shape index (κ1) is 26.1. The van der Waals surface area contributed by atoms with Gasteiger partial charge in [0.05, 0.1) is 11.2 Å². The lowest BCUT2D eigenvalue weighted by atomic mass is 10.0. The predicted molar refractivity (Wildman–Crippen MR) is 121 cm³/mol. The van der Waals surface area contributed by atoms with Crippen molar-refractivity contribution in [1.29, 1.82) is 0 Å². The van der Waals surface area contributed by atoms with Crippen molar-refractivity contribution in [3.05, 3.63) is 48.4 Å². The van der Waals surface area contributed by atoms with Crippen LogP contribution in [-0.2, 0) is 24.3 Å². The van der Waals surface area contributed by atoms with E-state index >= 15 is 0 Å². The molecular formula is C22H29N3O7S. The van der Waals surface area contributed by atoms with Crippen molar-refractivity contribution >= 4 is 33.5 Å². The molecule has 180 valence electrons. The van der Waals surface area contributed by atoms with E-state index < -0.39 is 40.5 Å². The minimum absolute atomic E-state index is 0.0431. The SMILES string of the molecule is CCN(CC)S(=O)(=O)c1cccc(NC(=O)COC(=O)C(NC(=O)c2ccco2)C(C)C)c1. The van der Waals surface area contributed by atoms with Crippen molar-refractivity contribution in [1.82, 2.24) is 9.62 Å². The van der Waals surface area contributed by atoms with E-state index in [1.807, 2.05) is 0 Å². The normalized spacial score (nSPS) is 12.4. The second kappa shape index (κ2) is 11.6. The second-order valence-corrected chi connectivity index (χ2v) is 9.38. The first-order valence-corrected chi connectivity index (χ1v) is 11.9. The van der Waals surface area contributed by atoms with Crippen LogP contribution in [0.15, 0.2) is 52.0 Å². The van der Waals surface area contributed by atoms with Crippen LogP contribution in [0.5, 0.6) is 0 Å². The number of sulfonamides is 1. The van der Waals surface area contributed by atoms with Gasteiger partial charge in [0.2, 0.25) is 10.0 Å². The number of esters is 1. The van der Waals surface area contributed by atoms with Crippen LogP contribution in [0.2, 0.25) is 0 Å². The minimum atomic E-state index is -3.69. The van der Waals surface area contributed by atoms with E-state index in [0.717, 1.165) is 0 Å². The molecule has 0 saturated carbocycles. The van der Waals surface area contributed by atoms with Gasteiger partial charge in [-0.1, -0.05) is 33.8 Å². The van der Waals surface area contributed by atoms with Crippen molar-refractivity contribution in [2.24, 2.45) is 5.92 Å². The lowest BCUT2D eigenvalue weighted by molar-refractivity contribution is -0.150. The first-order valence-electron chi connectivity index (χ1n) is 10.5. The molecule has 33 heavy (non-hydrogen) atoms. The molecule has 1 atom stereocenters. The summed E-state index contributed by atoms with van der Waals surface area (Å²) in [4.78, 5) is 36.9. The topological polar surface area (TPSA) is 135 Å². The number of hydrogen-bond acceptors (Lipinski definition) is 7. The predicted octanol–water partition coefficient (Wildman–Crippen LogP) is 2.25. The number of furan rings is 1. The summed E-state index contributed by atoms with van der Waals surface area (Å²) in [6, 6.07) is 7.84. The van der Waals surface area contributed by atoms with Crippen LogP contribution < -0.4 is 10.6 Å². The number of amides is 2. The largest absolute Gasteiger partial charge is 0.459 e. The van der Waals surface area contributed by atoms with Crippen LogP contribution in [0.1, 0.15) is 38.2 Å². The number of ether oxygens (including phenoxy) is 1. The minimum Gasteiger partial charge on any atom is -0.459 e. The summed E-state index contributed by atoms with van der Waals surface area (Å²) < 4.78 is 36.7. The van der Waals surface area contributed by atoms with Gasteiger partial charge in [0.1, 0.15) is 6.04 Å². The monoisotopic (exact) mass is 479 g/mol. The van der Waals surface area contributed by atoms with Crippen molar-refractivity contribution < 1.29 is 32.0 Å². The summed E-state index contributed by atoms with van der Waals surface area (Å²) in [5.74, 6) is -2.27. The van der Waals surface area contributed by atoms with Gasteiger partial charge in [-0.3, -0.25) is 9.59 Å². The fourth-order valence-corrected chi connectivity index (χ4v) is 4.49. The Balaban J connectivity index is 1.99. The number of benzene rings is 1. The smallest absolute Gasteiger partial charge is 0.329 e. The third kappa shape index (κ3) is 6.90. The number of carbonyl (C=O) groups excluding carboxylic acids is 3. The van der Waals surface area contributed by atoms with E-state index in [0.29, 0.717) is 13.1 Å². The number of anilines is 1. The molecule has 0 fully saturated rings. The van der Waals surface area contributed by atoms with Crippen molar-refractivity contribution in [3.63, 3.8) is 0 Å². The van der Waals surface area contributed by atoms with Crippen molar-refractivity contribution in [2.45, 2.75) is 38.6 Å². The maximum atomic E-state index is 12.7. The lowest BCUT2D eigenvalue weighted by Gasteiger charge is -2.20. The highest BCUT2D eigenvalue weighted by atomic mass is 32.2. The molecule has 0 saturated heterocycles. The molecule has 1 aromatic carbocycles. The van der Waals surface area contributed by atoms with Crippen LogP contribution in [0.4, 0.5) is 5.69 Å². The molecule has 2 aromatic rings. The summed E-state index contributed by atoms with van der Waals surface area (Å²) in [7, 11) is -3.69. The lowest BCUT2D eigenvalue weighted by Crippen LogP contribution is -2.45.